The zero-order valence-corrected chi connectivity index (χ0v) is 20.8. The monoisotopic (exact) mass is 515 g/mol. The number of amides is 2. The Hall–Kier alpha value is -3.74. The summed E-state index contributed by atoms with van der Waals surface area (Å²) in [5, 5.41) is 2.66. The van der Waals surface area contributed by atoms with Gasteiger partial charge in [0.25, 0.3) is 11.1 Å². The van der Waals surface area contributed by atoms with Gasteiger partial charge in [-0.25, -0.2) is 0 Å². The van der Waals surface area contributed by atoms with E-state index in [1.165, 1.54) is 15.7 Å². The highest BCUT2D eigenvalue weighted by atomic mass is 35.5. The maximum atomic E-state index is 12.8. The lowest BCUT2D eigenvalue weighted by Crippen LogP contribution is -2.32. The second kappa shape index (κ2) is 10.9. The molecule has 36 heavy (non-hydrogen) atoms. The van der Waals surface area contributed by atoms with Gasteiger partial charge in [-0.3, -0.25) is 14.5 Å². The molecule has 7 heteroatoms. The number of imide groups is 1. The Morgan fingerprint density at radius 1 is 0.806 bits per heavy atom. The van der Waals surface area contributed by atoms with Crippen molar-refractivity contribution in [2.45, 2.75) is 6.61 Å². The lowest BCUT2D eigenvalue weighted by molar-refractivity contribution is -0.123. The highest BCUT2D eigenvalue weighted by Gasteiger charge is 2.34. The van der Waals surface area contributed by atoms with Crippen molar-refractivity contribution in [2.75, 3.05) is 13.2 Å². The zero-order chi connectivity index (χ0) is 24.9. The second-order valence-corrected chi connectivity index (χ2v) is 9.56. The Bertz CT molecular complexity index is 1430. The van der Waals surface area contributed by atoms with Crippen molar-refractivity contribution in [2.24, 2.45) is 0 Å². The van der Waals surface area contributed by atoms with Crippen LogP contribution >= 0.6 is 23.4 Å². The highest BCUT2D eigenvalue weighted by molar-refractivity contribution is 8.18. The van der Waals surface area contributed by atoms with E-state index >= 15 is 0 Å². The SMILES string of the molecule is O=C1S/C(=C\c2ccc(OCc3cccc4ccccc34)cc2)C(=O)N1CCOc1ccc(Cl)cc1. The molecule has 180 valence electrons. The summed E-state index contributed by atoms with van der Waals surface area (Å²) in [5.74, 6) is 1.04. The number of carbonyl (C=O) groups is 2. The standard InChI is InChI=1S/C29H22ClNO4S/c30-23-10-14-24(15-11-23)34-17-16-31-28(32)27(36-29(31)33)18-20-8-12-25(13-9-20)35-19-22-6-3-5-21-4-1-2-7-26(21)22/h1-15,18H,16-17,19H2/b27-18-. The van der Waals surface area contributed by atoms with E-state index in [0.29, 0.717) is 22.3 Å². The molecule has 5 nitrogen and oxygen atoms in total. The first-order valence-electron chi connectivity index (χ1n) is 11.4. The Kier molecular flexibility index (Phi) is 7.26. The van der Waals surface area contributed by atoms with Crippen molar-refractivity contribution >= 4 is 51.4 Å². The number of ether oxygens (including phenoxy) is 2. The molecule has 4 aromatic rings. The first-order chi connectivity index (χ1) is 17.6. The van der Waals surface area contributed by atoms with Crippen LogP contribution in [0.3, 0.4) is 0 Å². The molecule has 1 aliphatic rings. The number of benzene rings is 4. The van der Waals surface area contributed by atoms with Crippen LogP contribution in [0.25, 0.3) is 16.8 Å². The van der Waals surface area contributed by atoms with E-state index in [4.69, 9.17) is 21.1 Å². The lowest BCUT2D eigenvalue weighted by atomic mass is 10.1. The molecule has 0 spiro atoms. The van der Waals surface area contributed by atoms with Gasteiger partial charge in [0.2, 0.25) is 0 Å². The van der Waals surface area contributed by atoms with Crippen LogP contribution in [0.1, 0.15) is 11.1 Å². The molecule has 0 radical (unpaired) electrons. The summed E-state index contributed by atoms with van der Waals surface area (Å²) in [7, 11) is 0. The fourth-order valence-corrected chi connectivity index (χ4v) is 4.86. The van der Waals surface area contributed by atoms with E-state index in [9.17, 15) is 9.59 Å². The molecule has 1 heterocycles. The molecule has 0 aliphatic carbocycles. The molecule has 1 saturated heterocycles. The number of halogens is 1. The van der Waals surface area contributed by atoms with Crippen LogP contribution in [0.4, 0.5) is 4.79 Å². The molecule has 1 fully saturated rings. The van der Waals surface area contributed by atoms with E-state index in [-0.39, 0.29) is 24.3 Å². The predicted molar refractivity (Wildman–Crippen MR) is 144 cm³/mol. The van der Waals surface area contributed by atoms with Crippen LogP contribution in [0.5, 0.6) is 11.5 Å². The quantitative estimate of drug-likeness (QED) is 0.232. The van der Waals surface area contributed by atoms with Crippen molar-refractivity contribution in [3.8, 4) is 11.5 Å². The third-order valence-corrected chi connectivity index (χ3v) is 6.88. The minimum Gasteiger partial charge on any atom is -0.492 e. The number of nitrogens with zero attached hydrogens (tertiary/aromatic N) is 1. The van der Waals surface area contributed by atoms with E-state index in [1.54, 1.807) is 30.3 Å². The Labute approximate surface area is 218 Å². The third-order valence-electron chi connectivity index (χ3n) is 5.72. The van der Waals surface area contributed by atoms with Gasteiger partial charge in [-0.15, -0.1) is 0 Å². The number of rotatable bonds is 8. The highest BCUT2D eigenvalue weighted by Crippen LogP contribution is 2.32. The van der Waals surface area contributed by atoms with Crippen molar-refractivity contribution in [3.63, 3.8) is 0 Å². The fourth-order valence-electron chi connectivity index (χ4n) is 3.87. The van der Waals surface area contributed by atoms with Crippen LogP contribution in [0.15, 0.2) is 95.9 Å². The number of hydrogen-bond acceptors (Lipinski definition) is 5. The molecule has 0 aromatic heterocycles. The second-order valence-electron chi connectivity index (χ2n) is 8.13. The summed E-state index contributed by atoms with van der Waals surface area (Å²) >= 11 is 6.80. The molecule has 0 saturated carbocycles. The van der Waals surface area contributed by atoms with E-state index < -0.39 is 0 Å². The summed E-state index contributed by atoms with van der Waals surface area (Å²) in [4.78, 5) is 26.7. The molecule has 5 rings (SSSR count). The van der Waals surface area contributed by atoms with E-state index in [0.717, 1.165) is 28.6 Å². The predicted octanol–water partition coefficient (Wildman–Crippen LogP) is 7.19. The van der Waals surface area contributed by atoms with E-state index in [1.807, 2.05) is 42.5 Å². The topological polar surface area (TPSA) is 55.8 Å². The molecular weight excluding hydrogens is 494 g/mol. The smallest absolute Gasteiger partial charge is 0.293 e. The summed E-state index contributed by atoms with van der Waals surface area (Å²) in [6.07, 6.45) is 1.72. The van der Waals surface area contributed by atoms with Crippen molar-refractivity contribution in [3.05, 3.63) is 112 Å². The Balaban J connectivity index is 1.18. The summed E-state index contributed by atoms with van der Waals surface area (Å²) in [5.41, 5.74) is 1.93. The van der Waals surface area contributed by atoms with Gasteiger partial charge in [-0.2, -0.15) is 0 Å². The van der Waals surface area contributed by atoms with Crippen molar-refractivity contribution in [1.82, 2.24) is 4.90 Å². The maximum Gasteiger partial charge on any atom is 0.293 e. The first kappa shape index (κ1) is 24.0. The van der Waals surface area contributed by atoms with E-state index in [2.05, 4.69) is 24.3 Å². The van der Waals surface area contributed by atoms with Crippen molar-refractivity contribution in [1.29, 1.82) is 0 Å². The molecule has 1 aliphatic heterocycles. The summed E-state index contributed by atoms with van der Waals surface area (Å²) in [6, 6.07) is 28.8. The normalized spacial score (nSPS) is 14.6. The molecule has 0 bridgehead atoms. The Morgan fingerprint density at radius 2 is 1.50 bits per heavy atom. The largest absolute Gasteiger partial charge is 0.492 e. The average Bonchev–Trinajstić information content (AvgIpc) is 3.16. The van der Waals surface area contributed by atoms with Gasteiger partial charge in [0.1, 0.15) is 24.7 Å². The molecular formula is C29H22ClNO4S. The van der Waals surface area contributed by atoms with Crippen LogP contribution in [-0.4, -0.2) is 29.2 Å². The lowest BCUT2D eigenvalue weighted by Gasteiger charge is -2.13. The van der Waals surface area contributed by atoms with Crippen LogP contribution in [0, 0.1) is 0 Å². The molecule has 0 N–H and O–H groups in total. The van der Waals surface area contributed by atoms with Gasteiger partial charge in [-0.1, -0.05) is 66.2 Å². The van der Waals surface area contributed by atoms with Gasteiger partial charge in [0.05, 0.1) is 11.4 Å². The van der Waals surface area contributed by atoms with Gasteiger partial charge in [0, 0.05) is 5.02 Å². The minimum atomic E-state index is -0.319. The number of hydrogen-bond donors (Lipinski definition) is 0. The van der Waals surface area contributed by atoms with Gasteiger partial charge >= 0.3 is 0 Å². The van der Waals surface area contributed by atoms with Gasteiger partial charge in [-0.05, 0) is 76.1 Å². The van der Waals surface area contributed by atoms with Gasteiger partial charge in [0.15, 0.2) is 0 Å². The first-order valence-corrected chi connectivity index (χ1v) is 12.6. The van der Waals surface area contributed by atoms with Crippen molar-refractivity contribution < 1.29 is 19.1 Å². The van der Waals surface area contributed by atoms with Crippen LogP contribution in [0.2, 0.25) is 5.02 Å². The zero-order valence-electron chi connectivity index (χ0n) is 19.2. The summed E-state index contributed by atoms with van der Waals surface area (Å²) < 4.78 is 11.6. The fraction of sp³-hybridized carbons (Fsp3) is 0.103. The summed E-state index contributed by atoms with van der Waals surface area (Å²) in [6.45, 7) is 0.832. The number of thioether (sulfide) groups is 1. The number of carbonyl (C=O) groups excluding carboxylic acids is 2. The minimum absolute atomic E-state index is 0.172. The number of fused-ring (bicyclic) bond motifs is 1. The molecule has 0 unspecified atom stereocenters. The van der Waals surface area contributed by atoms with Crippen LogP contribution in [-0.2, 0) is 11.4 Å². The maximum absolute atomic E-state index is 12.8. The third kappa shape index (κ3) is 5.56. The van der Waals surface area contributed by atoms with Gasteiger partial charge < -0.3 is 9.47 Å². The van der Waals surface area contributed by atoms with Crippen LogP contribution < -0.4 is 9.47 Å². The molecule has 4 aromatic carbocycles. The molecule has 2 amide bonds. The molecule has 0 atom stereocenters. The average molecular weight is 516 g/mol. The Morgan fingerprint density at radius 3 is 2.31 bits per heavy atom.